The summed E-state index contributed by atoms with van der Waals surface area (Å²) in [5, 5.41) is 7.20. The normalized spacial score (nSPS) is 21.2. The molecule has 0 radical (unpaired) electrons. The molecule has 2 N–H and O–H groups in total. The minimum Gasteiger partial charge on any atom is -0.313 e. The van der Waals surface area contributed by atoms with Gasteiger partial charge in [-0.05, 0) is 26.2 Å². The van der Waals surface area contributed by atoms with Gasteiger partial charge in [-0.2, -0.15) is 0 Å². The van der Waals surface area contributed by atoms with Gasteiger partial charge in [0, 0.05) is 25.2 Å². The van der Waals surface area contributed by atoms with Gasteiger partial charge < -0.3 is 10.6 Å². The highest BCUT2D eigenvalue weighted by Gasteiger charge is 2.10. The Morgan fingerprint density at radius 1 is 1.07 bits per heavy atom. The highest BCUT2D eigenvalue weighted by atomic mass is 15.0. The van der Waals surface area contributed by atoms with Crippen LogP contribution >= 0.6 is 0 Å². The summed E-state index contributed by atoms with van der Waals surface area (Å²) in [6.07, 6.45) is 9.76. The van der Waals surface area contributed by atoms with Gasteiger partial charge in [0.2, 0.25) is 0 Å². The molecule has 15 heavy (non-hydrogen) atoms. The quantitative estimate of drug-likeness (QED) is 0.522. The zero-order valence-corrected chi connectivity index (χ0v) is 10.5. The monoisotopic (exact) mass is 212 g/mol. The second-order valence-corrected chi connectivity index (χ2v) is 4.91. The van der Waals surface area contributed by atoms with Gasteiger partial charge in [-0.15, -0.1) is 0 Å². The molecule has 0 bridgehead atoms. The smallest absolute Gasteiger partial charge is 0.00794 e. The van der Waals surface area contributed by atoms with Crippen molar-refractivity contribution in [2.75, 3.05) is 13.1 Å². The van der Waals surface area contributed by atoms with Crippen LogP contribution in [0.4, 0.5) is 0 Å². The predicted octanol–water partition coefficient (Wildman–Crippen LogP) is 2.69. The Morgan fingerprint density at radius 3 is 2.33 bits per heavy atom. The molecule has 1 unspecified atom stereocenters. The molecule has 0 spiro atoms. The third-order valence-corrected chi connectivity index (χ3v) is 3.52. The first-order chi connectivity index (χ1) is 7.33. The van der Waals surface area contributed by atoms with E-state index in [1.54, 1.807) is 0 Å². The molecule has 90 valence electrons. The number of nitrogens with one attached hydrogen (secondary N) is 2. The van der Waals surface area contributed by atoms with Crippen LogP contribution in [0.15, 0.2) is 0 Å². The number of rotatable bonds is 6. The molecular weight excluding hydrogens is 184 g/mol. The maximum atomic E-state index is 3.68. The summed E-state index contributed by atoms with van der Waals surface area (Å²) < 4.78 is 0. The predicted molar refractivity (Wildman–Crippen MR) is 67.2 cm³/mol. The van der Waals surface area contributed by atoms with Crippen LogP contribution in [0.3, 0.4) is 0 Å². The third kappa shape index (κ3) is 6.16. The SMILES string of the molecule is CCC(C)NCCNC1CCCCCC1. The second kappa shape index (κ2) is 8.12. The van der Waals surface area contributed by atoms with E-state index in [-0.39, 0.29) is 0 Å². The first kappa shape index (κ1) is 13.0. The molecule has 1 aliphatic carbocycles. The van der Waals surface area contributed by atoms with E-state index in [2.05, 4.69) is 24.5 Å². The Balaban J connectivity index is 1.98. The number of hydrogen-bond donors (Lipinski definition) is 2. The average Bonchev–Trinajstić information content (AvgIpc) is 2.52. The van der Waals surface area contributed by atoms with E-state index in [9.17, 15) is 0 Å². The first-order valence-electron chi connectivity index (χ1n) is 6.79. The minimum atomic E-state index is 0.668. The molecule has 0 heterocycles. The fourth-order valence-electron chi connectivity index (χ4n) is 2.22. The summed E-state index contributed by atoms with van der Waals surface area (Å²) in [6, 6.07) is 1.46. The molecule has 0 aliphatic heterocycles. The standard InChI is InChI=1S/C13H28N2/c1-3-12(2)14-10-11-15-13-8-6-4-5-7-9-13/h12-15H,3-11H2,1-2H3. The van der Waals surface area contributed by atoms with Crippen molar-refractivity contribution < 1.29 is 0 Å². The summed E-state index contributed by atoms with van der Waals surface area (Å²) in [5.41, 5.74) is 0. The molecule has 1 rings (SSSR count). The molecule has 2 heteroatoms. The molecule has 0 amide bonds. The fourth-order valence-corrected chi connectivity index (χ4v) is 2.22. The van der Waals surface area contributed by atoms with Crippen molar-refractivity contribution in [3.8, 4) is 0 Å². The molecular formula is C13H28N2. The summed E-state index contributed by atoms with van der Waals surface area (Å²) in [7, 11) is 0. The molecule has 1 fully saturated rings. The lowest BCUT2D eigenvalue weighted by Gasteiger charge is -2.17. The summed E-state index contributed by atoms with van der Waals surface area (Å²) in [6.45, 7) is 6.74. The van der Waals surface area contributed by atoms with Crippen LogP contribution in [0, 0.1) is 0 Å². The van der Waals surface area contributed by atoms with E-state index in [1.807, 2.05) is 0 Å². The Morgan fingerprint density at radius 2 is 1.73 bits per heavy atom. The third-order valence-electron chi connectivity index (χ3n) is 3.52. The van der Waals surface area contributed by atoms with Crippen molar-refractivity contribution in [3.05, 3.63) is 0 Å². The van der Waals surface area contributed by atoms with Crippen LogP contribution in [0.25, 0.3) is 0 Å². The maximum absolute atomic E-state index is 3.68. The van der Waals surface area contributed by atoms with Gasteiger partial charge in [0.25, 0.3) is 0 Å². The summed E-state index contributed by atoms with van der Waals surface area (Å²) >= 11 is 0. The van der Waals surface area contributed by atoms with Crippen molar-refractivity contribution in [1.29, 1.82) is 0 Å². The largest absolute Gasteiger partial charge is 0.313 e. The first-order valence-corrected chi connectivity index (χ1v) is 6.79. The average molecular weight is 212 g/mol. The van der Waals surface area contributed by atoms with E-state index in [0.29, 0.717) is 6.04 Å². The molecule has 0 saturated heterocycles. The van der Waals surface area contributed by atoms with Crippen molar-refractivity contribution in [2.45, 2.75) is 70.9 Å². The Labute approximate surface area is 95.2 Å². The summed E-state index contributed by atoms with van der Waals surface area (Å²) in [4.78, 5) is 0. The maximum Gasteiger partial charge on any atom is 0.00794 e. The van der Waals surface area contributed by atoms with Crippen LogP contribution in [-0.2, 0) is 0 Å². The van der Waals surface area contributed by atoms with Crippen LogP contribution in [0.5, 0.6) is 0 Å². The van der Waals surface area contributed by atoms with Crippen molar-refractivity contribution in [3.63, 3.8) is 0 Å². The van der Waals surface area contributed by atoms with Crippen LogP contribution in [0.2, 0.25) is 0 Å². The topological polar surface area (TPSA) is 24.1 Å². The zero-order valence-electron chi connectivity index (χ0n) is 10.5. The van der Waals surface area contributed by atoms with Crippen LogP contribution in [-0.4, -0.2) is 25.2 Å². The van der Waals surface area contributed by atoms with Gasteiger partial charge in [0.05, 0.1) is 0 Å². The van der Waals surface area contributed by atoms with Gasteiger partial charge in [0.15, 0.2) is 0 Å². The van der Waals surface area contributed by atoms with Crippen LogP contribution < -0.4 is 10.6 Å². The lowest BCUT2D eigenvalue weighted by molar-refractivity contribution is 0.440. The van der Waals surface area contributed by atoms with Crippen molar-refractivity contribution >= 4 is 0 Å². The minimum absolute atomic E-state index is 0.668. The number of hydrogen-bond acceptors (Lipinski definition) is 2. The van der Waals surface area contributed by atoms with Gasteiger partial charge in [0.1, 0.15) is 0 Å². The molecule has 0 aromatic carbocycles. The molecule has 0 aromatic rings. The van der Waals surface area contributed by atoms with Gasteiger partial charge >= 0.3 is 0 Å². The van der Waals surface area contributed by atoms with E-state index < -0.39 is 0 Å². The zero-order chi connectivity index (χ0) is 10.9. The van der Waals surface area contributed by atoms with Crippen molar-refractivity contribution in [1.82, 2.24) is 10.6 Å². The van der Waals surface area contributed by atoms with E-state index in [4.69, 9.17) is 0 Å². The van der Waals surface area contributed by atoms with E-state index >= 15 is 0 Å². The molecule has 1 aliphatic rings. The molecule has 2 nitrogen and oxygen atoms in total. The van der Waals surface area contributed by atoms with Gasteiger partial charge in [-0.1, -0.05) is 32.6 Å². The second-order valence-electron chi connectivity index (χ2n) is 4.91. The van der Waals surface area contributed by atoms with Gasteiger partial charge in [-0.3, -0.25) is 0 Å². The molecule has 0 aromatic heterocycles. The Kier molecular flexibility index (Phi) is 7.03. The lowest BCUT2D eigenvalue weighted by Crippen LogP contribution is -2.37. The van der Waals surface area contributed by atoms with E-state index in [1.165, 1.54) is 44.9 Å². The Hall–Kier alpha value is -0.0800. The Bertz CT molecular complexity index is 139. The summed E-state index contributed by atoms with van der Waals surface area (Å²) in [5.74, 6) is 0. The highest BCUT2D eigenvalue weighted by molar-refractivity contribution is 4.71. The van der Waals surface area contributed by atoms with Crippen molar-refractivity contribution in [2.24, 2.45) is 0 Å². The highest BCUT2D eigenvalue weighted by Crippen LogP contribution is 2.16. The fraction of sp³-hybridized carbons (Fsp3) is 1.00. The van der Waals surface area contributed by atoms with Gasteiger partial charge in [-0.25, -0.2) is 0 Å². The van der Waals surface area contributed by atoms with Crippen LogP contribution in [0.1, 0.15) is 58.8 Å². The lowest BCUT2D eigenvalue weighted by atomic mass is 10.1. The molecule has 1 saturated carbocycles. The van der Waals surface area contributed by atoms with E-state index in [0.717, 1.165) is 19.1 Å². The molecule has 1 atom stereocenters.